The van der Waals surface area contributed by atoms with E-state index in [0.717, 1.165) is 18.9 Å². The van der Waals surface area contributed by atoms with Crippen molar-refractivity contribution in [2.45, 2.75) is 59.3 Å². The first-order valence-electron chi connectivity index (χ1n) is 6.07. The van der Waals surface area contributed by atoms with E-state index in [0.29, 0.717) is 0 Å². The van der Waals surface area contributed by atoms with Crippen LogP contribution in [0.25, 0.3) is 0 Å². The fraction of sp³-hybridized carbons (Fsp3) is 0.846. The van der Waals surface area contributed by atoms with Crippen molar-refractivity contribution in [2.75, 3.05) is 6.61 Å². The average molecular weight is 198 g/mol. The molecule has 0 aliphatic heterocycles. The number of ether oxygens (including phenoxy) is 1. The molecule has 0 aromatic rings. The van der Waals surface area contributed by atoms with Crippen LogP contribution in [0.2, 0.25) is 0 Å². The predicted octanol–water partition coefficient (Wildman–Crippen LogP) is 4.53. The number of unbranched alkanes of at least 4 members (excludes halogenated alkanes) is 3. The molecule has 0 heterocycles. The standard InChI is InChI=1S/C13H26O/c1-4-6-7-8-10-13(3)11-9-12-14-5-2/h9,12-13H,4-8,10-11H2,1-3H3/b12-9+. The maximum Gasteiger partial charge on any atom is 0.0845 e. The molecule has 0 radical (unpaired) electrons. The number of hydrogen-bond acceptors (Lipinski definition) is 1. The topological polar surface area (TPSA) is 9.23 Å². The van der Waals surface area contributed by atoms with Crippen LogP contribution < -0.4 is 0 Å². The van der Waals surface area contributed by atoms with E-state index in [1.807, 2.05) is 13.2 Å². The highest BCUT2D eigenvalue weighted by Crippen LogP contribution is 2.13. The Hall–Kier alpha value is -0.460. The molecule has 14 heavy (non-hydrogen) atoms. The van der Waals surface area contributed by atoms with Crippen LogP contribution in [0, 0.1) is 5.92 Å². The lowest BCUT2D eigenvalue weighted by Gasteiger charge is -2.07. The summed E-state index contributed by atoms with van der Waals surface area (Å²) >= 11 is 0. The Morgan fingerprint density at radius 3 is 2.57 bits per heavy atom. The molecule has 0 aromatic carbocycles. The largest absolute Gasteiger partial charge is 0.502 e. The molecule has 1 unspecified atom stereocenters. The van der Waals surface area contributed by atoms with Crippen LogP contribution in [0.5, 0.6) is 0 Å². The third kappa shape index (κ3) is 9.63. The highest BCUT2D eigenvalue weighted by atomic mass is 16.5. The average Bonchev–Trinajstić information content (AvgIpc) is 2.19. The molecular weight excluding hydrogens is 172 g/mol. The van der Waals surface area contributed by atoms with Gasteiger partial charge in [-0.2, -0.15) is 0 Å². The third-order valence-corrected chi connectivity index (χ3v) is 2.45. The van der Waals surface area contributed by atoms with Crippen molar-refractivity contribution in [3.63, 3.8) is 0 Å². The summed E-state index contributed by atoms with van der Waals surface area (Å²) in [6.07, 6.45) is 12.0. The molecule has 0 saturated heterocycles. The van der Waals surface area contributed by atoms with Gasteiger partial charge in [0.15, 0.2) is 0 Å². The van der Waals surface area contributed by atoms with Crippen LogP contribution in [-0.2, 0) is 4.74 Å². The second kappa shape index (κ2) is 10.6. The summed E-state index contributed by atoms with van der Waals surface area (Å²) in [6.45, 7) is 7.37. The number of hydrogen-bond donors (Lipinski definition) is 0. The van der Waals surface area contributed by atoms with E-state index in [4.69, 9.17) is 4.74 Å². The van der Waals surface area contributed by atoms with Gasteiger partial charge in [-0.15, -0.1) is 0 Å². The van der Waals surface area contributed by atoms with E-state index in [2.05, 4.69) is 19.9 Å². The van der Waals surface area contributed by atoms with E-state index >= 15 is 0 Å². The second-order valence-electron chi connectivity index (χ2n) is 4.02. The van der Waals surface area contributed by atoms with Crippen molar-refractivity contribution in [1.82, 2.24) is 0 Å². The Kier molecular flexibility index (Phi) is 10.3. The molecule has 0 saturated carbocycles. The monoisotopic (exact) mass is 198 g/mol. The normalized spacial score (nSPS) is 13.4. The first kappa shape index (κ1) is 13.5. The molecule has 1 nitrogen and oxygen atoms in total. The quantitative estimate of drug-likeness (QED) is 0.390. The van der Waals surface area contributed by atoms with Gasteiger partial charge in [-0.1, -0.05) is 46.0 Å². The molecule has 0 aromatic heterocycles. The zero-order valence-corrected chi connectivity index (χ0v) is 10.1. The highest BCUT2D eigenvalue weighted by molar-refractivity contribution is 4.76. The Labute approximate surface area is 89.5 Å². The molecule has 84 valence electrons. The molecule has 0 bridgehead atoms. The Morgan fingerprint density at radius 2 is 1.93 bits per heavy atom. The maximum atomic E-state index is 5.15. The van der Waals surface area contributed by atoms with Crippen LogP contribution in [-0.4, -0.2) is 6.61 Å². The molecular formula is C13H26O. The lowest BCUT2D eigenvalue weighted by atomic mass is 10.00. The van der Waals surface area contributed by atoms with Crippen molar-refractivity contribution in [3.05, 3.63) is 12.3 Å². The van der Waals surface area contributed by atoms with Crippen molar-refractivity contribution in [2.24, 2.45) is 5.92 Å². The minimum Gasteiger partial charge on any atom is -0.502 e. The Bertz CT molecular complexity index is 129. The second-order valence-corrected chi connectivity index (χ2v) is 4.02. The zero-order chi connectivity index (χ0) is 10.6. The molecule has 0 amide bonds. The summed E-state index contributed by atoms with van der Waals surface area (Å²) < 4.78 is 5.15. The summed E-state index contributed by atoms with van der Waals surface area (Å²) in [5, 5.41) is 0. The van der Waals surface area contributed by atoms with Crippen molar-refractivity contribution in [1.29, 1.82) is 0 Å². The minimum atomic E-state index is 0.779. The van der Waals surface area contributed by atoms with Crippen LogP contribution in [0.4, 0.5) is 0 Å². The van der Waals surface area contributed by atoms with Crippen molar-refractivity contribution < 1.29 is 4.74 Å². The Morgan fingerprint density at radius 1 is 1.14 bits per heavy atom. The molecule has 0 aliphatic carbocycles. The minimum absolute atomic E-state index is 0.779. The van der Waals surface area contributed by atoms with E-state index in [9.17, 15) is 0 Å². The van der Waals surface area contributed by atoms with Crippen LogP contribution in [0.3, 0.4) is 0 Å². The maximum absolute atomic E-state index is 5.15. The molecule has 1 heteroatoms. The van der Waals surface area contributed by atoms with Gasteiger partial charge in [0, 0.05) is 0 Å². The first-order chi connectivity index (χ1) is 6.81. The van der Waals surface area contributed by atoms with Gasteiger partial charge in [0.05, 0.1) is 12.9 Å². The van der Waals surface area contributed by atoms with Gasteiger partial charge < -0.3 is 4.74 Å². The summed E-state index contributed by atoms with van der Waals surface area (Å²) in [5.74, 6) is 0.809. The van der Waals surface area contributed by atoms with E-state index in [1.165, 1.54) is 32.1 Å². The van der Waals surface area contributed by atoms with Gasteiger partial charge >= 0.3 is 0 Å². The van der Waals surface area contributed by atoms with Crippen molar-refractivity contribution in [3.8, 4) is 0 Å². The Balaban J connectivity index is 3.23. The van der Waals surface area contributed by atoms with E-state index in [1.54, 1.807) is 0 Å². The third-order valence-electron chi connectivity index (χ3n) is 2.45. The molecule has 1 atom stereocenters. The number of allylic oxidation sites excluding steroid dienone is 1. The predicted molar refractivity (Wildman–Crippen MR) is 63.3 cm³/mol. The smallest absolute Gasteiger partial charge is 0.0845 e. The summed E-state index contributed by atoms with van der Waals surface area (Å²) in [4.78, 5) is 0. The van der Waals surface area contributed by atoms with Gasteiger partial charge in [0.1, 0.15) is 0 Å². The molecule has 0 rings (SSSR count). The summed E-state index contributed by atoms with van der Waals surface area (Å²) in [6, 6.07) is 0. The van der Waals surface area contributed by atoms with E-state index < -0.39 is 0 Å². The van der Waals surface area contributed by atoms with Gasteiger partial charge in [-0.3, -0.25) is 0 Å². The lowest BCUT2D eigenvalue weighted by molar-refractivity contribution is 0.267. The van der Waals surface area contributed by atoms with Crippen LogP contribution in [0.1, 0.15) is 59.3 Å². The zero-order valence-electron chi connectivity index (χ0n) is 10.1. The van der Waals surface area contributed by atoms with Gasteiger partial charge in [0.25, 0.3) is 0 Å². The fourth-order valence-electron chi connectivity index (χ4n) is 1.49. The molecule has 0 aliphatic rings. The van der Waals surface area contributed by atoms with E-state index in [-0.39, 0.29) is 0 Å². The molecule has 0 N–H and O–H groups in total. The first-order valence-corrected chi connectivity index (χ1v) is 6.07. The molecule has 0 spiro atoms. The van der Waals surface area contributed by atoms with Gasteiger partial charge in [-0.05, 0) is 25.3 Å². The molecule has 0 fully saturated rings. The SMILES string of the molecule is CCCCCCC(C)C/C=C/OCC. The highest BCUT2D eigenvalue weighted by Gasteiger charge is 1.98. The van der Waals surface area contributed by atoms with Crippen LogP contribution in [0.15, 0.2) is 12.3 Å². The van der Waals surface area contributed by atoms with Gasteiger partial charge in [0.2, 0.25) is 0 Å². The van der Waals surface area contributed by atoms with Crippen molar-refractivity contribution >= 4 is 0 Å². The number of rotatable bonds is 9. The van der Waals surface area contributed by atoms with Crippen LogP contribution >= 0.6 is 0 Å². The summed E-state index contributed by atoms with van der Waals surface area (Å²) in [5.41, 5.74) is 0. The van der Waals surface area contributed by atoms with Gasteiger partial charge in [-0.25, -0.2) is 0 Å². The lowest BCUT2D eigenvalue weighted by Crippen LogP contribution is -1.92. The summed E-state index contributed by atoms with van der Waals surface area (Å²) in [7, 11) is 0. The fourth-order valence-corrected chi connectivity index (χ4v) is 1.49.